The minimum absolute atomic E-state index is 0.119. The molecule has 1 aliphatic rings. The third-order valence-corrected chi connectivity index (χ3v) is 5.64. The number of ether oxygens (including phenoxy) is 1. The zero-order valence-electron chi connectivity index (χ0n) is 18.8. The molecule has 7 heteroatoms. The molecule has 0 spiro atoms. The number of hydrogen-bond acceptors (Lipinski definition) is 5. The minimum Gasteiger partial charge on any atom is -0.421 e. The zero-order chi connectivity index (χ0) is 23.9. The van der Waals surface area contributed by atoms with E-state index in [1.54, 1.807) is 23.2 Å². The van der Waals surface area contributed by atoms with E-state index in [1.807, 2.05) is 66.7 Å². The quantitative estimate of drug-likeness (QED) is 0.190. The van der Waals surface area contributed by atoms with Crippen LogP contribution in [0.3, 0.4) is 0 Å². The van der Waals surface area contributed by atoms with E-state index in [2.05, 4.69) is 10.5 Å². The second-order valence-corrected chi connectivity index (χ2v) is 8.04. The standard InChI is InChI=1S/C27H25N3O4/c1-19(31)26(32)34-25-14-8-9-21-17-20(15-16-24(21)25)18-28-29-27(33)30(22-10-4-2-5-11-22)23-12-6-3-7-13-23/h2-14,18,20H,15-17H2,1H3,(H,29,33). The second-order valence-electron chi connectivity index (χ2n) is 8.04. The summed E-state index contributed by atoms with van der Waals surface area (Å²) in [6.07, 6.45) is 3.91. The number of nitrogens with one attached hydrogen (secondary N) is 1. The third-order valence-electron chi connectivity index (χ3n) is 5.64. The Morgan fingerprint density at radius 2 is 1.59 bits per heavy atom. The van der Waals surface area contributed by atoms with E-state index in [-0.39, 0.29) is 11.9 Å². The van der Waals surface area contributed by atoms with Gasteiger partial charge in [-0.15, -0.1) is 0 Å². The fraction of sp³-hybridized carbons (Fsp3) is 0.185. The van der Waals surface area contributed by atoms with Gasteiger partial charge in [0.25, 0.3) is 0 Å². The van der Waals surface area contributed by atoms with E-state index in [0.717, 1.165) is 28.9 Å². The number of urea groups is 1. The Morgan fingerprint density at radius 1 is 0.941 bits per heavy atom. The lowest BCUT2D eigenvalue weighted by Crippen LogP contribution is -2.34. The van der Waals surface area contributed by atoms with E-state index < -0.39 is 11.8 Å². The lowest BCUT2D eigenvalue weighted by molar-refractivity contribution is -0.146. The number of para-hydroxylation sites is 2. The third kappa shape index (κ3) is 5.38. The number of hydrazone groups is 1. The Balaban J connectivity index is 1.43. The summed E-state index contributed by atoms with van der Waals surface area (Å²) < 4.78 is 5.25. The van der Waals surface area contributed by atoms with Gasteiger partial charge in [0.05, 0.1) is 11.4 Å². The van der Waals surface area contributed by atoms with Crippen LogP contribution >= 0.6 is 0 Å². The van der Waals surface area contributed by atoms with Gasteiger partial charge in [-0.1, -0.05) is 48.5 Å². The van der Waals surface area contributed by atoms with Crippen LogP contribution in [0, 0.1) is 5.92 Å². The Labute approximate surface area is 198 Å². The maximum absolute atomic E-state index is 13.0. The number of esters is 1. The number of nitrogens with zero attached hydrogens (tertiary/aromatic N) is 2. The van der Waals surface area contributed by atoms with Gasteiger partial charge in [-0.05, 0) is 60.7 Å². The van der Waals surface area contributed by atoms with Gasteiger partial charge in [0, 0.05) is 19.1 Å². The monoisotopic (exact) mass is 455 g/mol. The number of hydrogen-bond donors (Lipinski definition) is 1. The number of carbonyl (C=O) groups excluding carboxylic acids is 3. The fourth-order valence-electron chi connectivity index (χ4n) is 3.98. The highest BCUT2D eigenvalue weighted by atomic mass is 16.5. The topological polar surface area (TPSA) is 88.1 Å². The molecule has 4 rings (SSSR count). The molecule has 0 saturated carbocycles. The maximum atomic E-state index is 13.0. The summed E-state index contributed by atoms with van der Waals surface area (Å²) in [5.41, 5.74) is 6.10. The van der Waals surface area contributed by atoms with Crippen molar-refractivity contribution < 1.29 is 19.1 Å². The number of rotatable bonds is 6. The van der Waals surface area contributed by atoms with Crippen LogP contribution in [0.4, 0.5) is 16.2 Å². The highest BCUT2D eigenvalue weighted by Crippen LogP contribution is 2.32. The lowest BCUT2D eigenvalue weighted by Gasteiger charge is -2.24. The highest BCUT2D eigenvalue weighted by Gasteiger charge is 2.23. The summed E-state index contributed by atoms with van der Waals surface area (Å²) in [6, 6.07) is 23.9. The molecule has 1 atom stereocenters. The van der Waals surface area contributed by atoms with Crippen molar-refractivity contribution in [3.05, 3.63) is 90.0 Å². The molecular formula is C27H25N3O4. The first-order valence-corrected chi connectivity index (χ1v) is 11.1. The molecule has 2 amide bonds. The van der Waals surface area contributed by atoms with Gasteiger partial charge in [0.15, 0.2) is 0 Å². The highest BCUT2D eigenvalue weighted by molar-refractivity contribution is 6.33. The van der Waals surface area contributed by atoms with Crippen molar-refractivity contribution in [1.29, 1.82) is 0 Å². The molecule has 1 aliphatic carbocycles. The Hall–Kier alpha value is -4.26. The molecule has 3 aromatic carbocycles. The molecule has 3 aromatic rings. The van der Waals surface area contributed by atoms with Crippen LogP contribution in [0.1, 0.15) is 24.5 Å². The molecule has 7 nitrogen and oxygen atoms in total. The maximum Gasteiger partial charge on any atom is 0.379 e. The first kappa shape index (κ1) is 22.9. The van der Waals surface area contributed by atoms with Gasteiger partial charge >= 0.3 is 12.0 Å². The predicted molar refractivity (Wildman–Crippen MR) is 130 cm³/mol. The number of anilines is 2. The van der Waals surface area contributed by atoms with Gasteiger partial charge in [0.2, 0.25) is 5.78 Å². The van der Waals surface area contributed by atoms with Crippen molar-refractivity contribution in [1.82, 2.24) is 5.43 Å². The molecule has 0 aromatic heterocycles. The van der Waals surface area contributed by atoms with Gasteiger partial charge in [-0.2, -0.15) is 5.10 Å². The van der Waals surface area contributed by atoms with Crippen molar-refractivity contribution >= 4 is 35.4 Å². The van der Waals surface area contributed by atoms with Crippen LogP contribution in [-0.2, 0) is 22.4 Å². The normalized spacial score (nSPS) is 14.8. The van der Waals surface area contributed by atoms with Crippen LogP contribution in [-0.4, -0.2) is 24.0 Å². The molecule has 1 N–H and O–H groups in total. The molecule has 172 valence electrons. The van der Waals surface area contributed by atoms with Crippen molar-refractivity contribution in [3.63, 3.8) is 0 Å². The SMILES string of the molecule is CC(=O)C(=O)Oc1cccc2c1CCC(C=NNC(=O)N(c1ccccc1)c1ccccc1)C2. The second kappa shape index (κ2) is 10.6. The minimum atomic E-state index is -0.860. The largest absolute Gasteiger partial charge is 0.421 e. The number of fused-ring (bicyclic) bond motifs is 1. The molecule has 0 radical (unpaired) electrons. The number of amides is 2. The van der Waals surface area contributed by atoms with E-state index in [9.17, 15) is 14.4 Å². The molecule has 0 saturated heterocycles. The molecule has 34 heavy (non-hydrogen) atoms. The fourth-order valence-corrected chi connectivity index (χ4v) is 3.98. The average Bonchev–Trinajstić information content (AvgIpc) is 2.85. The predicted octanol–water partition coefficient (Wildman–Crippen LogP) is 4.82. The van der Waals surface area contributed by atoms with Gasteiger partial charge < -0.3 is 4.74 Å². The molecule has 0 aliphatic heterocycles. The number of benzene rings is 3. The Bertz CT molecular complexity index is 1170. The van der Waals surface area contributed by atoms with Crippen LogP contribution in [0.2, 0.25) is 0 Å². The summed E-state index contributed by atoms with van der Waals surface area (Å²) in [4.78, 5) is 37.5. The smallest absolute Gasteiger partial charge is 0.379 e. The van der Waals surface area contributed by atoms with Crippen molar-refractivity contribution in [2.75, 3.05) is 4.90 Å². The molecule has 1 unspecified atom stereocenters. The average molecular weight is 456 g/mol. The van der Waals surface area contributed by atoms with E-state index in [1.165, 1.54) is 6.92 Å². The van der Waals surface area contributed by atoms with E-state index >= 15 is 0 Å². The molecule has 0 fully saturated rings. The molecule has 0 bridgehead atoms. The zero-order valence-corrected chi connectivity index (χ0v) is 18.8. The van der Waals surface area contributed by atoms with Gasteiger partial charge in [-0.25, -0.2) is 15.0 Å². The number of ketones is 1. The van der Waals surface area contributed by atoms with Crippen molar-refractivity contribution in [2.24, 2.45) is 11.0 Å². The first-order chi connectivity index (χ1) is 16.5. The van der Waals surface area contributed by atoms with Crippen LogP contribution in [0.5, 0.6) is 5.75 Å². The first-order valence-electron chi connectivity index (χ1n) is 11.1. The van der Waals surface area contributed by atoms with Crippen LogP contribution in [0.15, 0.2) is 84.0 Å². The van der Waals surface area contributed by atoms with Gasteiger partial charge in [0.1, 0.15) is 5.75 Å². The summed E-state index contributed by atoms with van der Waals surface area (Å²) >= 11 is 0. The van der Waals surface area contributed by atoms with E-state index in [4.69, 9.17) is 4.74 Å². The Morgan fingerprint density at radius 3 is 2.21 bits per heavy atom. The van der Waals surface area contributed by atoms with Crippen LogP contribution < -0.4 is 15.1 Å². The summed E-state index contributed by atoms with van der Waals surface area (Å²) in [5.74, 6) is -0.938. The summed E-state index contributed by atoms with van der Waals surface area (Å²) in [6.45, 7) is 1.19. The number of carbonyl (C=O) groups is 3. The lowest BCUT2D eigenvalue weighted by atomic mass is 9.84. The summed E-state index contributed by atoms with van der Waals surface area (Å²) in [5, 5.41) is 4.24. The van der Waals surface area contributed by atoms with Gasteiger partial charge in [-0.3, -0.25) is 9.69 Å². The Kier molecular flexibility index (Phi) is 7.13. The molecule has 0 heterocycles. The number of Topliss-reactive ketones (excluding diaryl/α,β-unsaturated/α-hetero) is 1. The van der Waals surface area contributed by atoms with Crippen molar-refractivity contribution in [3.8, 4) is 5.75 Å². The van der Waals surface area contributed by atoms with Crippen molar-refractivity contribution in [2.45, 2.75) is 26.2 Å². The van der Waals surface area contributed by atoms with E-state index in [0.29, 0.717) is 18.6 Å². The van der Waals surface area contributed by atoms with Crippen LogP contribution in [0.25, 0.3) is 0 Å². The molecular weight excluding hydrogens is 430 g/mol. The summed E-state index contributed by atoms with van der Waals surface area (Å²) in [7, 11) is 0.